The smallest absolute Gasteiger partial charge is 0.0621 e. The van der Waals surface area contributed by atoms with E-state index in [1.165, 1.54) is 21.1 Å². The van der Waals surface area contributed by atoms with Gasteiger partial charge in [0.05, 0.1) is 6.07 Å². The highest BCUT2D eigenvalue weighted by Crippen LogP contribution is 1.88. The van der Waals surface area contributed by atoms with Crippen LogP contribution in [0.3, 0.4) is 0 Å². The molecule has 0 aliphatic carbocycles. The zero-order valence-corrected chi connectivity index (χ0v) is 8.80. The summed E-state index contributed by atoms with van der Waals surface area (Å²) in [5, 5.41) is 7.95. The maximum Gasteiger partial charge on any atom is 0.0621 e. The molecule has 0 aromatic heterocycles. The van der Waals surface area contributed by atoms with E-state index in [4.69, 9.17) is 5.26 Å². The Kier molecular flexibility index (Phi) is 150. The fourth-order valence-electron chi connectivity index (χ4n) is 0.256. The Bertz CT molecular complexity index is 58.6. The minimum Gasteiger partial charge on any atom is -0.333 e. The first-order valence-electron chi connectivity index (χ1n) is 4.02. The average Bonchev–Trinajstić information content (AvgIpc) is 2.24. The molecule has 0 amide bonds. The normalized spacial score (nSPS) is 5.17. The molecule has 0 bridgehead atoms. The SMILES string of the molecule is CCCCC#N.CN.CN.CN. The molecule has 0 aliphatic heterocycles. The molecule has 6 N–H and O–H groups in total. The highest BCUT2D eigenvalue weighted by molar-refractivity contribution is 4.66. The summed E-state index contributed by atoms with van der Waals surface area (Å²) in [5.41, 5.74) is 13.5. The number of hydrogen-bond donors (Lipinski definition) is 3. The van der Waals surface area contributed by atoms with Crippen LogP contribution in [-0.4, -0.2) is 21.1 Å². The molecule has 0 atom stereocenters. The van der Waals surface area contributed by atoms with Crippen LogP contribution >= 0.6 is 0 Å². The zero-order chi connectivity index (χ0) is 10.8. The van der Waals surface area contributed by atoms with Crippen LogP contribution in [0.1, 0.15) is 26.2 Å². The number of hydrogen-bond acceptors (Lipinski definition) is 4. The Morgan fingerprint density at radius 2 is 1.33 bits per heavy atom. The third-order valence-electron chi connectivity index (χ3n) is 0.642. The number of rotatable bonds is 2. The van der Waals surface area contributed by atoms with E-state index in [9.17, 15) is 0 Å². The minimum atomic E-state index is 0.719. The Labute approximate surface area is 76.7 Å². The summed E-state index contributed by atoms with van der Waals surface area (Å²) < 4.78 is 0. The van der Waals surface area contributed by atoms with Crippen molar-refractivity contribution >= 4 is 0 Å². The van der Waals surface area contributed by atoms with Crippen LogP contribution in [0, 0.1) is 11.3 Å². The first-order chi connectivity index (χ1) is 5.91. The highest BCUT2D eigenvalue weighted by Gasteiger charge is 1.74. The maximum atomic E-state index is 7.95. The zero-order valence-electron chi connectivity index (χ0n) is 8.80. The molecule has 0 spiro atoms. The molecule has 4 nitrogen and oxygen atoms in total. The van der Waals surface area contributed by atoms with Gasteiger partial charge in [-0.1, -0.05) is 13.3 Å². The van der Waals surface area contributed by atoms with E-state index in [0.717, 1.165) is 19.3 Å². The number of unbranched alkanes of at least 4 members (excludes halogenated alkanes) is 2. The molecule has 0 heterocycles. The summed E-state index contributed by atoms with van der Waals surface area (Å²) in [5.74, 6) is 0. The lowest BCUT2D eigenvalue weighted by Crippen LogP contribution is -1.69. The Balaban J connectivity index is -0.0000000453. The van der Waals surface area contributed by atoms with Gasteiger partial charge < -0.3 is 17.2 Å². The molecule has 0 saturated heterocycles. The second-order valence-corrected chi connectivity index (χ2v) is 1.26. The Morgan fingerprint density at radius 3 is 1.42 bits per heavy atom. The van der Waals surface area contributed by atoms with E-state index in [2.05, 4.69) is 30.2 Å². The largest absolute Gasteiger partial charge is 0.333 e. The first-order valence-corrected chi connectivity index (χ1v) is 4.02. The lowest BCUT2D eigenvalue weighted by atomic mass is 10.3. The predicted molar refractivity (Wildman–Crippen MR) is 55.5 cm³/mol. The molecule has 0 aromatic carbocycles. The van der Waals surface area contributed by atoms with E-state index in [0.29, 0.717) is 0 Å². The van der Waals surface area contributed by atoms with Crippen LogP contribution in [0.2, 0.25) is 0 Å². The lowest BCUT2D eigenvalue weighted by molar-refractivity contribution is 0.822. The van der Waals surface area contributed by atoms with Crippen LogP contribution in [0.5, 0.6) is 0 Å². The van der Waals surface area contributed by atoms with E-state index in [1.807, 2.05) is 0 Å². The van der Waals surface area contributed by atoms with Crippen LogP contribution in [0.4, 0.5) is 0 Å². The van der Waals surface area contributed by atoms with Gasteiger partial charge in [0.15, 0.2) is 0 Å². The maximum absolute atomic E-state index is 7.95. The quantitative estimate of drug-likeness (QED) is 0.531. The Hall–Kier alpha value is -0.630. The van der Waals surface area contributed by atoms with Crippen LogP contribution < -0.4 is 17.2 Å². The third kappa shape index (κ3) is 117. The molecule has 12 heavy (non-hydrogen) atoms. The van der Waals surface area contributed by atoms with Gasteiger partial charge in [-0.2, -0.15) is 5.26 Å². The third-order valence-corrected chi connectivity index (χ3v) is 0.642. The Morgan fingerprint density at radius 1 is 1.00 bits per heavy atom. The van der Waals surface area contributed by atoms with Gasteiger partial charge in [0.2, 0.25) is 0 Å². The van der Waals surface area contributed by atoms with Crippen molar-refractivity contribution in [3.63, 3.8) is 0 Å². The molecule has 0 aromatic rings. The van der Waals surface area contributed by atoms with E-state index < -0.39 is 0 Å². The van der Waals surface area contributed by atoms with Crippen molar-refractivity contribution in [2.45, 2.75) is 26.2 Å². The monoisotopic (exact) mass is 176 g/mol. The number of nitriles is 1. The highest BCUT2D eigenvalue weighted by atomic mass is 14.4. The molecular formula is C8H24N4. The van der Waals surface area contributed by atoms with E-state index in [1.54, 1.807) is 0 Å². The molecule has 76 valence electrons. The van der Waals surface area contributed by atoms with Crippen LogP contribution in [-0.2, 0) is 0 Å². The molecular weight excluding hydrogens is 152 g/mol. The van der Waals surface area contributed by atoms with Crippen molar-refractivity contribution in [3.8, 4) is 6.07 Å². The summed E-state index contributed by atoms with van der Waals surface area (Å²) in [7, 11) is 4.50. The standard InChI is InChI=1S/C5H9N.3CH5N/c1-2-3-4-5-6;3*1-2/h2-4H2,1H3;3*2H2,1H3. The van der Waals surface area contributed by atoms with Gasteiger partial charge in [-0.15, -0.1) is 0 Å². The molecule has 0 radical (unpaired) electrons. The summed E-state index contributed by atoms with van der Waals surface area (Å²) in [6.45, 7) is 2.08. The van der Waals surface area contributed by atoms with Crippen molar-refractivity contribution < 1.29 is 0 Å². The summed E-state index contributed by atoms with van der Waals surface area (Å²) in [6, 6.07) is 2.07. The molecule has 0 fully saturated rings. The second kappa shape index (κ2) is 80.2. The molecule has 0 rings (SSSR count). The van der Waals surface area contributed by atoms with E-state index in [-0.39, 0.29) is 0 Å². The van der Waals surface area contributed by atoms with Gasteiger partial charge in [-0.3, -0.25) is 0 Å². The van der Waals surface area contributed by atoms with Crippen molar-refractivity contribution in [1.82, 2.24) is 0 Å². The van der Waals surface area contributed by atoms with Crippen LogP contribution in [0.25, 0.3) is 0 Å². The topological polar surface area (TPSA) is 102 Å². The predicted octanol–water partition coefficient (Wildman–Crippen LogP) is 0.425. The van der Waals surface area contributed by atoms with Gasteiger partial charge in [-0.25, -0.2) is 0 Å². The lowest BCUT2D eigenvalue weighted by Gasteiger charge is -1.77. The van der Waals surface area contributed by atoms with Gasteiger partial charge in [0.25, 0.3) is 0 Å². The molecule has 0 aliphatic rings. The summed E-state index contributed by atoms with van der Waals surface area (Å²) >= 11 is 0. The van der Waals surface area contributed by atoms with Gasteiger partial charge in [-0.05, 0) is 27.6 Å². The first kappa shape index (κ1) is 22.5. The molecule has 0 unspecified atom stereocenters. The van der Waals surface area contributed by atoms with Gasteiger partial charge in [0, 0.05) is 6.42 Å². The fourth-order valence-corrected chi connectivity index (χ4v) is 0.256. The van der Waals surface area contributed by atoms with Crippen molar-refractivity contribution in [3.05, 3.63) is 0 Å². The second-order valence-electron chi connectivity index (χ2n) is 1.26. The van der Waals surface area contributed by atoms with Crippen molar-refractivity contribution in [2.75, 3.05) is 21.1 Å². The summed E-state index contributed by atoms with van der Waals surface area (Å²) in [4.78, 5) is 0. The number of nitrogens with two attached hydrogens (primary N) is 3. The molecule has 4 heteroatoms. The minimum absolute atomic E-state index is 0.719. The van der Waals surface area contributed by atoms with Gasteiger partial charge >= 0.3 is 0 Å². The average molecular weight is 176 g/mol. The number of nitrogens with zero attached hydrogens (tertiary/aromatic N) is 1. The van der Waals surface area contributed by atoms with E-state index >= 15 is 0 Å². The van der Waals surface area contributed by atoms with Crippen molar-refractivity contribution in [1.29, 1.82) is 5.26 Å². The van der Waals surface area contributed by atoms with Crippen LogP contribution in [0.15, 0.2) is 0 Å². The molecule has 0 saturated carbocycles. The van der Waals surface area contributed by atoms with Crippen molar-refractivity contribution in [2.24, 2.45) is 17.2 Å². The fraction of sp³-hybridized carbons (Fsp3) is 0.875. The van der Waals surface area contributed by atoms with Gasteiger partial charge in [0.1, 0.15) is 0 Å². The summed E-state index contributed by atoms with van der Waals surface area (Å²) in [6.07, 6.45) is 2.90.